The van der Waals surface area contributed by atoms with E-state index in [4.69, 9.17) is 0 Å². The summed E-state index contributed by atoms with van der Waals surface area (Å²) < 4.78 is 23.9. The third kappa shape index (κ3) is 3.07. The predicted molar refractivity (Wildman–Crippen MR) is 57.2 cm³/mol. The van der Waals surface area contributed by atoms with E-state index in [-0.39, 0.29) is 5.56 Å². The van der Waals surface area contributed by atoms with Crippen LogP contribution in [0.4, 0.5) is 4.79 Å². The van der Waals surface area contributed by atoms with Gasteiger partial charge in [-0.1, -0.05) is 43.0 Å². The minimum Gasteiger partial charge on any atom is -0.274 e. The van der Waals surface area contributed by atoms with Crippen LogP contribution < -0.4 is 4.72 Å². The highest BCUT2D eigenvalue weighted by molar-refractivity contribution is 8.07. The molecule has 15 heavy (non-hydrogen) atoms. The topological polar surface area (TPSA) is 80.3 Å². The van der Waals surface area contributed by atoms with Crippen LogP contribution in [0.5, 0.6) is 0 Å². The van der Waals surface area contributed by atoms with Gasteiger partial charge in [0.15, 0.2) is 0 Å². The SMILES string of the molecule is O=C(S)NS(=O)(=O)C(=O)c1ccccc1. The molecular weight excluding hydrogens is 238 g/mol. The van der Waals surface area contributed by atoms with Gasteiger partial charge in [0, 0.05) is 5.56 Å². The molecule has 0 fully saturated rings. The molecule has 0 aliphatic heterocycles. The Bertz CT molecular complexity index is 481. The van der Waals surface area contributed by atoms with Crippen LogP contribution in [-0.2, 0) is 10.0 Å². The number of carbonyl (C=O) groups is 2. The third-order valence-electron chi connectivity index (χ3n) is 1.48. The molecule has 80 valence electrons. The van der Waals surface area contributed by atoms with Gasteiger partial charge in [-0.25, -0.2) is 4.72 Å². The number of sulfonamides is 1. The first-order valence-corrected chi connectivity index (χ1v) is 5.71. The van der Waals surface area contributed by atoms with Gasteiger partial charge in [0.2, 0.25) is 0 Å². The molecule has 0 radical (unpaired) electrons. The summed E-state index contributed by atoms with van der Waals surface area (Å²) in [5, 5.41) is -2.26. The molecule has 1 aromatic rings. The third-order valence-corrected chi connectivity index (χ3v) is 2.92. The van der Waals surface area contributed by atoms with E-state index in [1.165, 1.54) is 29.0 Å². The average molecular weight is 245 g/mol. The van der Waals surface area contributed by atoms with E-state index in [0.29, 0.717) is 0 Å². The number of rotatable bonds is 1. The summed E-state index contributed by atoms with van der Waals surface area (Å²) in [5.41, 5.74) is -0.0143. The standard InChI is InChI=1S/C8H7NO4S2/c10-7(6-4-2-1-3-5-6)15(12,13)9-8(11)14/h1-5H,(H2,9,11,14). The van der Waals surface area contributed by atoms with Crippen LogP contribution in [0.15, 0.2) is 30.3 Å². The molecule has 1 N–H and O–H groups in total. The molecule has 0 atom stereocenters. The Morgan fingerprint density at radius 1 is 1.13 bits per heavy atom. The summed E-state index contributed by atoms with van der Waals surface area (Å²) in [6.45, 7) is 0. The summed E-state index contributed by atoms with van der Waals surface area (Å²) in [6, 6.07) is 7.35. The molecule has 5 nitrogen and oxygen atoms in total. The Morgan fingerprint density at radius 2 is 1.67 bits per heavy atom. The lowest BCUT2D eigenvalue weighted by atomic mass is 10.2. The van der Waals surface area contributed by atoms with Crippen molar-refractivity contribution >= 4 is 33.0 Å². The fraction of sp³-hybridized carbons (Fsp3) is 0. The Kier molecular flexibility index (Phi) is 3.48. The van der Waals surface area contributed by atoms with Gasteiger partial charge in [-0.15, -0.1) is 0 Å². The van der Waals surface area contributed by atoms with E-state index in [2.05, 4.69) is 12.6 Å². The van der Waals surface area contributed by atoms with Gasteiger partial charge in [0.25, 0.3) is 10.4 Å². The van der Waals surface area contributed by atoms with Crippen molar-refractivity contribution in [2.24, 2.45) is 0 Å². The molecular formula is C8H7NO4S2. The summed E-state index contributed by atoms with van der Waals surface area (Å²) in [4.78, 5) is 21.8. The average Bonchev–Trinajstić information content (AvgIpc) is 2.16. The van der Waals surface area contributed by atoms with Gasteiger partial charge in [0.1, 0.15) is 0 Å². The summed E-state index contributed by atoms with van der Waals surface area (Å²) >= 11 is 3.22. The Labute approximate surface area is 92.0 Å². The van der Waals surface area contributed by atoms with Crippen molar-refractivity contribution in [3.05, 3.63) is 35.9 Å². The van der Waals surface area contributed by atoms with Crippen LogP contribution in [0, 0.1) is 0 Å². The maximum absolute atomic E-state index is 11.4. The van der Waals surface area contributed by atoms with E-state index >= 15 is 0 Å². The summed E-state index contributed by atoms with van der Waals surface area (Å²) in [5.74, 6) is 0. The van der Waals surface area contributed by atoms with Crippen molar-refractivity contribution in [3.8, 4) is 0 Å². The molecule has 0 heterocycles. The predicted octanol–water partition coefficient (Wildman–Crippen LogP) is 0.796. The number of hydrogen-bond acceptors (Lipinski definition) is 4. The highest BCUT2D eigenvalue weighted by atomic mass is 32.2. The monoisotopic (exact) mass is 245 g/mol. The van der Waals surface area contributed by atoms with Crippen molar-refractivity contribution in [2.75, 3.05) is 0 Å². The lowest BCUT2D eigenvalue weighted by Gasteiger charge is -2.02. The van der Waals surface area contributed by atoms with Gasteiger partial charge in [-0.2, -0.15) is 8.42 Å². The zero-order valence-electron chi connectivity index (χ0n) is 7.38. The number of benzene rings is 1. The highest BCUT2D eigenvalue weighted by Gasteiger charge is 2.24. The first kappa shape index (κ1) is 11.7. The van der Waals surface area contributed by atoms with Crippen molar-refractivity contribution in [2.45, 2.75) is 0 Å². The molecule has 0 saturated carbocycles. The zero-order chi connectivity index (χ0) is 11.5. The fourth-order valence-electron chi connectivity index (χ4n) is 0.891. The van der Waals surface area contributed by atoms with Crippen LogP contribution in [0.3, 0.4) is 0 Å². The number of thiol groups is 1. The molecule has 1 amide bonds. The quantitative estimate of drug-likeness (QED) is 0.717. The molecule has 1 aromatic carbocycles. The van der Waals surface area contributed by atoms with Crippen molar-refractivity contribution < 1.29 is 18.0 Å². The fourth-order valence-corrected chi connectivity index (χ4v) is 2.02. The van der Waals surface area contributed by atoms with E-state index < -0.39 is 20.4 Å². The van der Waals surface area contributed by atoms with Crippen LogP contribution in [0.25, 0.3) is 0 Å². The summed E-state index contributed by atoms with van der Waals surface area (Å²) in [7, 11) is -4.33. The molecule has 1 rings (SSSR count). The van der Waals surface area contributed by atoms with Gasteiger partial charge in [0.05, 0.1) is 0 Å². The normalized spacial score (nSPS) is 10.7. The first-order chi connectivity index (χ1) is 6.93. The highest BCUT2D eigenvalue weighted by Crippen LogP contribution is 2.04. The van der Waals surface area contributed by atoms with Crippen LogP contribution >= 0.6 is 12.6 Å². The van der Waals surface area contributed by atoms with E-state index in [0.717, 1.165) is 0 Å². The van der Waals surface area contributed by atoms with Gasteiger partial charge >= 0.3 is 10.0 Å². The Hall–Kier alpha value is -1.34. The zero-order valence-corrected chi connectivity index (χ0v) is 9.09. The second-order valence-corrected chi connectivity index (χ2v) is 4.55. The Balaban J connectivity index is 3.01. The van der Waals surface area contributed by atoms with E-state index in [1.54, 1.807) is 6.07 Å². The van der Waals surface area contributed by atoms with Crippen LogP contribution in [0.1, 0.15) is 10.4 Å². The minimum absolute atomic E-state index is 0.0143. The second kappa shape index (κ2) is 4.45. The number of hydrogen-bond donors (Lipinski definition) is 2. The van der Waals surface area contributed by atoms with Crippen molar-refractivity contribution in [1.82, 2.24) is 4.72 Å². The van der Waals surface area contributed by atoms with Gasteiger partial charge in [-0.3, -0.25) is 9.59 Å². The first-order valence-electron chi connectivity index (χ1n) is 3.78. The van der Waals surface area contributed by atoms with Crippen LogP contribution in [-0.4, -0.2) is 18.8 Å². The molecule has 0 spiro atoms. The number of carbonyl (C=O) groups excluding carboxylic acids is 2. The second-order valence-electron chi connectivity index (χ2n) is 2.56. The molecule has 0 unspecified atom stereocenters. The molecule has 7 heteroatoms. The van der Waals surface area contributed by atoms with Crippen LogP contribution in [0.2, 0.25) is 0 Å². The largest absolute Gasteiger partial charge is 0.303 e. The molecule has 0 saturated heterocycles. The van der Waals surface area contributed by atoms with Crippen molar-refractivity contribution in [1.29, 1.82) is 0 Å². The number of nitrogens with one attached hydrogen (secondary N) is 1. The lowest BCUT2D eigenvalue weighted by Crippen LogP contribution is -2.32. The smallest absolute Gasteiger partial charge is 0.274 e. The Morgan fingerprint density at radius 3 is 2.13 bits per heavy atom. The minimum atomic E-state index is -4.33. The molecule has 0 aromatic heterocycles. The van der Waals surface area contributed by atoms with Gasteiger partial charge in [-0.05, 0) is 0 Å². The lowest BCUT2D eigenvalue weighted by molar-refractivity contribution is 0.107. The molecule has 0 aliphatic rings. The summed E-state index contributed by atoms with van der Waals surface area (Å²) in [6.07, 6.45) is 0. The van der Waals surface area contributed by atoms with Crippen molar-refractivity contribution in [3.63, 3.8) is 0 Å². The number of amides is 1. The maximum atomic E-state index is 11.4. The van der Waals surface area contributed by atoms with E-state index in [1.807, 2.05) is 0 Å². The maximum Gasteiger partial charge on any atom is 0.303 e. The van der Waals surface area contributed by atoms with E-state index in [9.17, 15) is 18.0 Å². The molecule has 0 bridgehead atoms. The molecule has 0 aliphatic carbocycles. The van der Waals surface area contributed by atoms with Gasteiger partial charge < -0.3 is 0 Å².